The number of Topliss-reactive ketones (excluding diaryl/α,β-unsaturated/α-hetero) is 1. The number of halogens is 2. The highest BCUT2D eigenvalue weighted by Crippen LogP contribution is 2.35. The van der Waals surface area contributed by atoms with E-state index in [1.54, 1.807) is 24.3 Å². The van der Waals surface area contributed by atoms with Crippen LogP contribution >= 0.6 is 11.3 Å². The molecule has 5 rings (SSSR count). The summed E-state index contributed by atoms with van der Waals surface area (Å²) in [6, 6.07) is 9.65. The van der Waals surface area contributed by atoms with Gasteiger partial charge in [0.05, 0.1) is 36.4 Å². The van der Waals surface area contributed by atoms with Crippen LogP contribution in [0.2, 0.25) is 0 Å². The molecule has 3 aliphatic heterocycles. The molecule has 1 aromatic carbocycles. The van der Waals surface area contributed by atoms with E-state index in [9.17, 15) is 18.4 Å². The van der Waals surface area contributed by atoms with Crippen molar-refractivity contribution in [1.29, 1.82) is 0 Å². The summed E-state index contributed by atoms with van der Waals surface area (Å²) in [6.07, 6.45) is 3.67. The minimum Gasteiger partial charge on any atom is -0.436 e. The molecule has 192 valence electrons. The van der Waals surface area contributed by atoms with E-state index < -0.39 is 23.8 Å². The molecule has 1 amide bonds. The fourth-order valence-corrected chi connectivity index (χ4v) is 6.15. The Morgan fingerprint density at radius 3 is 2.61 bits per heavy atom. The average Bonchev–Trinajstić information content (AvgIpc) is 3.38. The van der Waals surface area contributed by atoms with Gasteiger partial charge in [-0.2, -0.15) is 0 Å². The first-order chi connectivity index (χ1) is 17.3. The van der Waals surface area contributed by atoms with Gasteiger partial charge in [0, 0.05) is 18.4 Å². The summed E-state index contributed by atoms with van der Waals surface area (Å²) in [4.78, 5) is 26.7. The normalized spacial score (nSPS) is 24.9. The number of quaternary nitrogens is 1. The van der Waals surface area contributed by atoms with Crippen molar-refractivity contribution in [1.82, 2.24) is 5.32 Å². The van der Waals surface area contributed by atoms with Crippen molar-refractivity contribution >= 4 is 23.2 Å². The Morgan fingerprint density at radius 1 is 1.22 bits per heavy atom. The highest BCUT2D eigenvalue weighted by molar-refractivity contribution is 7.12. The van der Waals surface area contributed by atoms with Crippen LogP contribution in [0.15, 0.2) is 65.3 Å². The number of amides is 1. The van der Waals surface area contributed by atoms with Gasteiger partial charge in [0.15, 0.2) is 6.10 Å². The van der Waals surface area contributed by atoms with Crippen LogP contribution in [0, 0.1) is 11.7 Å². The molecule has 0 saturated carbocycles. The maximum atomic E-state index is 14.7. The Hall–Kier alpha value is -2.84. The van der Waals surface area contributed by atoms with Crippen molar-refractivity contribution in [2.75, 3.05) is 26.2 Å². The Balaban J connectivity index is 1.50. The highest BCUT2D eigenvalue weighted by Gasteiger charge is 2.47. The van der Waals surface area contributed by atoms with Crippen molar-refractivity contribution < 1.29 is 27.6 Å². The van der Waals surface area contributed by atoms with Gasteiger partial charge in [0.2, 0.25) is 5.78 Å². The summed E-state index contributed by atoms with van der Waals surface area (Å²) < 4.78 is 35.0. The van der Waals surface area contributed by atoms with E-state index in [0.717, 1.165) is 30.8 Å². The van der Waals surface area contributed by atoms with Crippen molar-refractivity contribution in [3.63, 3.8) is 0 Å². The zero-order valence-corrected chi connectivity index (χ0v) is 21.5. The van der Waals surface area contributed by atoms with Crippen LogP contribution in [0.1, 0.15) is 54.4 Å². The molecule has 0 aliphatic carbocycles. The second-order valence-corrected chi connectivity index (χ2v) is 10.7. The average molecular weight is 516 g/mol. The maximum Gasteiger partial charge on any atom is 0.408 e. The summed E-state index contributed by atoms with van der Waals surface area (Å²) in [5.41, 5.74) is 0.556. The van der Waals surface area contributed by atoms with Gasteiger partial charge in [-0.05, 0) is 48.4 Å². The monoisotopic (exact) mass is 515 g/mol. The number of hydrogen-bond donors (Lipinski definition) is 1. The van der Waals surface area contributed by atoms with Gasteiger partial charge in [-0.25, -0.2) is 13.6 Å². The number of thiophene rings is 1. The van der Waals surface area contributed by atoms with Crippen LogP contribution in [-0.2, 0) is 4.74 Å². The number of allylic oxidation sites excluding steroid dienone is 2. The fourth-order valence-electron chi connectivity index (χ4n) is 5.49. The van der Waals surface area contributed by atoms with Crippen molar-refractivity contribution in [3.8, 4) is 0 Å². The van der Waals surface area contributed by atoms with Crippen LogP contribution in [0.4, 0.5) is 13.6 Å². The van der Waals surface area contributed by atoms with E-state index >= 15 is 0 Å². The molecular formula is C28H33F2N2O3S+. The first kappa shape index (κ1) is 26.2. The number of ketones is 1. The summed E-state index contributed by atoms with van der Waals surface area (Å²) >= 11 is 1.45. The number of ether oxygens (including phenoxy) is 1. The highest BCUT2D eigenvalue weighted by atomic mass is 32.1. The lowest BCUT2D eigenvalue weighted by Gasteiger charge is -2.52. The van der Waals surface area contributed by atoms with Gasteiger partial charge in [0.25, 0.3) is 0 Å². The number of fused-ring (bicyclic) bond motifs is 3. The molecule has 5 nitrogen and oxygen atoms in total. The third-order valence-corrected chi connectivity index (χ3v) is 8.11. The lowest BCUT2D eigenvalue weighted by molar-refractivity contribution is -0.936. The van der Waals surface area contributed by atoms with Crippen molar-refractivity contribution in [2.45, 2.75) is 45.3 Å². The van der Waals surface area contributed by atoms with Crippen LogP contribution in [0.3, 0.4) is 0 Å². The van der Waals surface area contributed by atoms with Gasteiger partial charge in [-0.3, -0.25) is 4.79 Å². The molecule has 3 aliphatic rings. The molecular weight excluding hydrogens is 482 g/mol. The van der Waals surface area contributed by atoms with Crippen LogP contribution in [0.5, 0.6) is 0 Å². The first-order valence-corrected chi connectivity index (χ1v) is 13.4. The summed E-state index contributed by atoms with van der Waals surface area (Å²) in [5, 5.41) is 4.91. The third kappa shape index (κ3) is 6.10. The fraction of sp³-hybridized carbons (Fsp3) is 0.429. The SMILES string of the molecule is CCC=C(C=C(C)F)C(OC(=O)NC1C[N+]2(CC(=O)c3cccs3)CCC1CC2)c1ccccc1F. The quantitative estimate of drug-likeness (QED) is 0.240. The van der Waals surface area contributed by atoms with Crippen molar-refractivity contribution in [2.24, 2.45) is 5.92 Å². The van der Waals surface area contributed by atoms with E-state index in [0.29, 0.717) is 35.5 Å². The number of piperidine rings is 3. The third-order valence-electron chi connectivity index (χ3n) is 7.20. The smallest absolute Gasteiger partial charge is 0.408 e. The van der Waals surface area contributed by atoms with Gasteiger partial charge in [0.1, 0.15) is 12.4 Å². The zero-order chi connectivity index (χ0) is 25.7. The molecule has 2 bridgehead atoms. The second kappa shape index (κ2) is 11.5. The molecule has 3 fully saturated rings. The van der Waals surface area contributed by atoms with Gasteiger partial charge in [-0.1, -0.05) is 37.3 Å². The number of rotatable bonds is 9. The molecule has 2 aromatic rings. The molecule has 4 heterocycles. The van der Waals surface area contributed by atoms with Crippen LogP contribution in [-0.4, -0.2) is 48.6 Å². The van der Waals surface area contributed by atoms with E-state index in [2.05, 4.69) is 5.32 Å². The molecule has 0 spiro atoms. The standard InChI is InChI=1S/C28H32F2N2O3S/c1-3-7-21(16-19(2)29)27(22-8-4-5-9-23(22)30)35-28(34)31-24-17-32(13-11-20(24)12-14-32)18-25(33)26-10-6-15-36-26/h4-10,15-16,20,24,27H,3,11-14,17-18H2,1-2H3/p+1. The Bertz CT molecular complexity index is 1130. The number of hydrogen-bond acceptors (Lipinski definition) is 4. The molecule has 2 atom stereocenters. The van der Waals surface area contributed by atoms with E-state index in [1.807, 2.05) is 24.4 Å². The van der Waals surface area contributed by atoms with E-state index in [4.69, 9.17) is 4.74 Å². The Labute approximate surface area is 215 Å². The Kier molecular flexibility index (Phi) is 8.36. The number of carbonyl (C=O) groups excluding carboxylic acids is 2. The lowest BCUT2D eigenvalue weighted by Crippen LogP contribution is -2.68. The molecule has 0 radical (unpaired) electrons. The zero-order valence-electron chi connectivity index (χ0n) is 20.7. The van der Waals surface area contributed by atoms with Gasteiger partial charge in [-0.15, -0.1) is 11.3 Å². The largest absolute Gasteiger partial charge is 0.436 e. The number of nitrogens with one attached hydrogen (secondary N) is 1. The van der Waals surface area contributed by atoms with Gasteiger partial charge < -0.3 is 14.5 Å². The second-order valence-electron chi connectivity index (χ2n) is 9.77. The Morgan fingerprint density at radius 2 is 1.97 bits per heavy atom. The number of nitrogens with zero attached hydrogens (tertiary/aromatic N) is 1. The van der Waals surface area contributed by atoms with Crippen LogP contribution in [0.25, 0.3) is 0 Å². The number of alkyl carbamates (subject to hydrolysis) is 1. The molecule has 2 unspecified atom stereocenters. The van der Waals surface area contributed by atoms with E-state index in [-0.39, 0.29) is 17.4 Å². The molecule has 8 heteroatoms. The number of carbonyl (C=O) groups is 2. The predicted molar refractivity (Wildman–Crippen MR) is 137 cm³/mol. The van der Waals surface area contributed by atoms with E-state index in [1.165, 1.54) is 30.4 Å². The van der Waals surface area contributed by atoms with Gasteiger partial charge >= 0.3 is 6.09 Å². The molecule has 36 heavy (non-hydrogen) atoms. The van der Waals surface area contributed by atoms with Crippen LogP contribution < -0.4 is 5.32 Å². The predicted octanol–water partition coefficient (Wildman–Crippen LogP) is 6.36. The van der Waals surface area contributed by atoms with Crippen molar-refractivity contribution in [3.05, 3.63) is 81.6 Å². The maximum absolute atomic E-state index is 14.7. The molecule has 1 aromatic heterocycles. The minimum atomic E-state index is -1.08. The summed E-state index contributed by atoms with van der Waals surface area (Å²) in [5.74, 6) is -0.546. The lowest BCUT2D eigenvalue weighted by atomic mass is 9.81. The number of benzene rings is 1. The first-order valence-electron chi connectivity index (χ1n) is 12.5. The summed E-state index contributed by atoms with van der Waals surface area (Å²) in [6.45, 7) is 6.08. The molecule has 1 N–H and O–H groups in total. The molecule has 3 saturated heterocycles. The summed E-state index contributed by atoms with van der Waals surface area (Å²) in [7, 11) is 0. The minimum absolute atomic E-state index is 0.133. The topological polar surface area (TPSA) is 55.4 Å².